The highest BCUT2D eigenvalue weighted by atomic mass is 15.3. The van der Waals surface area contributed by atoms with E-state index in [9.17, 15) is 0 Å². The standard InChI is InChI=1S/C24H28N6/c1-2-18(1)16-28-11-13-29(14-12-28)22-7-8-27-30-17-21(15-23(22)30)19-3-5-20(6-4-19)24-25-9-10-26-24/h3-8,15,17-18H,1-2,9-14,16H2,(H,25,26). The van der Waals surface area contributed by atoms with E-state index in [0.717, 1.165) is 56.6 Å². The summed E-state index contributed by atoms with van der Waals surface area (Å²) in [5.74, 6) is 1.98. The first kappa shape index (κ1) is 18.0. The van der Waals surface area contributed by atoms with Crippen molar-refractivity contribution in [3.8, 4) is 11.1 Å². The summed E-state index contributed by atoms with van der Waals surface area (Å²) in [7, 11) is 0. The minimum Gasteiger partial charge on any atom is -0.368 e. The zero-order valence-electron chi connectivity index (χ0n) is 17.3. The van der Waals surface area contributed by atoms with Crippen molar-refractivity contribution in [3.05, 3.63) is 54.4 Å². The Hall–Kier alpha value is -2.86. The number of aliphatic imine (C=N–C) groups is 1. The van der Waals surface area contributed by atoms with E-state index in [1.54, 1.807) is 0 Å². The van der Waals surface area contributed by atoms with E-state index in [0.29, 0.717) is 0 Å². The molecule has 1 N–H and O–H groups in total. The molecular formula is C24H28N6. The molecule has 1 aromatic carbocycles. The molecule has 6 nitrogen and oxygen atoms in total. The lowest BCUT2D eigenvalue weighted by Crippen LogP contribution is -2.47. The number of hydrogen-bond acceptors (Lipinski definition) is 5. The van der Waals surface area contributed by atoms with Crippen molar-refractivity contribution in [1.82, 2.24) is 19.8 Å². The van der Waals surface area contributed by atoms with Gasteiger partial charge in [0.15, 0.2) is 0 Å². The van der Waals surface area contributed by atoms with Crippen LogP contribution in [0.4, 0.5) is 5.69 Å². The molecule has 0 atom stereocenters. The Labute approximate surface area is 177 Å². The van der Waals surface area contributed by atoms with Gasteiger partial charge in [0, 0.05) is 62.8 Å². The number of rotatable bonds is 5. The van der Waals surface area contributed by atoms with Gasteiger partial charge in [-0.1, -0.05) is 24.3 Å². The summed E-state index contributed by atoms with van der Waals surface area (Å²) >= 11 is 0. The van der Waals surface area contributed by atoms with Crippen LogP contribution in [0.2, 0.25) is 0 Å². The number of aromatic nitrogens is 2. The van der Waals surface area contributed by atoms with Gasteiger partial charge in [-0.2, -0.15) is 5.10 Å². The molecule has 1 aliphatic carbocycles. The lowest BCUT2D eigenvalue weighted by atomic mass is 10.1. The van der Waals surface area contributed by atoms with Crippen LogP contribution >= 0.6 is 0 Å². The second kappa shape index (κ2) is 7.43. The van der Waals surface area contributed by atoms with Gasteiger partial charge >= 0.3 is 0 Å². The van der Waals surface area contributed by atoms with Crippen LogP contribution in [-0.2, 0) is 0 Å². The van der Waals surface area contributed by atoms with Crippen molar-refractivity contribution in [2.24, 2.45) is 10.9 Å². The lowest BCUT2D eigenvalue weighted by molar-refractivity contribution is 0.248. The maximum atomic E-state index is 4.58. The smallest absolute Gasteiger partial charge is 0.128 e. The number of nitrogens with one attached hydrogen (secondary N) is 1. The van der Waals surface area contributed by atoms with Gasteiger partial charge in [-0.05, 0) is 36.5 Å². The summed E-state index contributed by atoms with van der Waals surface area (Å²) in [5, 5.41) is 7.92. The predicted molar refractivity (Wildman–Crippen MR) is 121 cm³/mol. The Bertz CT molecular complexity index is 1070. The summed E-state index contributed by atoms with van der Waals surface area (Å²) in [4.78, 5) is 9.68. The molecule has 3 aliphatic rings. The topological polar surface area (TPSA) is 48.2 Å². The molecule has 0 amide bonds. The van der Waals surface area contributed by atoms with E-state index in [4.69, 9.17) is 0 Å². The molecular weight excluding hydrogens is 372 g/mol. The normalized spacial score (nSPS) is 19.9. The van der Waals surface area contributed by atoms with Gasteiger partial charge in [-0.25, -0.2) is 4.52 Å². The van der Waals surface area contributed by atoms with Crippen LogP contribution in [0.25, 0.3) is 16.6 Å². The molecule has 6 heteroatoms. The number of hydrogen-bond donors (Lipinski definition) is 1. The molecule has 2 aromatic heterocycles. The first-order valence-electron chi connectivity index (χ1n) is 11.2. The zero-order valence-corrected chi connectivity index (χ0v) is 17.3. The average Bonchev–Trinajstić information content (AvgIpc) is 3.27. The number of nitrogens with zero attached hydrogens (tertiary/aromatic N) is 5. The van der Waals surface area contributed by atoms with Crippen molar-refractivity contribution in [3.63, 3.8) is 0 Å². The van der Waals surface area contributed by atoms with E-state index in [2.05, 4.69) is 67.8 Å². The van der Waals surface area contributed by atoms with Crippen molar-refractivity contribution >= 4 is 17.0 Å². The van der Waals surface area contributed by atoms with Gasteiger partial charge in [0.25, 0.3) is 0 Å². The Morgan fingerprint density at radius 3 is 2.47 bits per heavy atom. The number of benzene rings is 1. The van der Waals surface area contributed by atoms with E-state index in [1.807, 2.05) is 10.7 Å². The quantitative estimate of drug-likeness (QED) is 0.716. The molecule has 0 spiro atoms. The first-order valence-corrected chi connectivity index (χ1v) is 11.2. The van der Waals surface area contributed by atoms with Gasteiger partial charge in [-0.3, -0.25) is 9.89 Å². The molecule has 6 rings (SSSR count). The summed E-state index contributed by atoms with van der Waals surface area (Å²) in [5.41, 5.74) is 6.05. The van der Waals surface area contributed by atoms with Gasteiger partial charge < -0.3 is 10.2 Å². The predicted octanol–water partition coefficient (Wildman–Crippen LogP) is 2.88. The number of amidine groups is 1. The minimum atomic E-state index is 0.866. The van der Waals surface area contributed by atoms with Crippen molar-refractivity contribution < 1.29 is 0 Å². The van der Waals surface area contributed by atoms with E-state index >= 15 is 0 Å². The Balaban J connectivity index is 1.24. The number of fused-ring (bicyclic) bond motifs is 1. The van der Waals surface area contributed by atoms with Crippen LogP contribution in [0.5, 0.6) is 0 Å². The highest BCUT2D eigenvalue weighted by molar-refractivity contribution is 6.00. The fraction of sp³-hybridized carbons (Fsp3) is 0.417. The molecule has 2 fully saturated rings. The van der Waals surface area contributed by atoms with Crippen LogP contribution in [0, 0.1) is 5.92 Å². The molecule has 0 bridgehead atoms. The van der Waals surface area contributed by atoms with Crippen molar-refractivity contribution in [2.45, 2.75) is 12.8 Å². The summed E-state index contributed by atoms with van der Waals surface area (Å²) in [6, 6.07) is 13.1. The third-order valence-corrected chi connectivity index (χ3v) is 6.58. The monoisotopic (exact) mass is 400 g/mol. The fourth-order valence-corrected chi connectivity index (χ4v) is 4.67. The Morgan fingerprint density at radius 2 is 1.73 bits per heavy atom. The average molecular weight is 401 g/mol. The lowest BCUT2D eigenvalue weighted by Gasteiger charge is -2.36. The Kier molecular flexibility index (Phi) is 4.45. The largest absolute Gasteiger partial charge is 0.368 e. The molecule has 1 saturated carbocycles. The van der Waals surface area contributed by atoms with Crippen LogP contribution < -0.4 is 10.2 Å². The van der Waals surface area contributed by atoms with Crippen molar-refractivity contribution in [2.75, 3.05) is 50.7 Å². The number of piperazine rings is 1. The highest BCUT2D eigenvalue weighted by Gasteiger charge is 2.27. The maximum absolute atomic E-state index is 4.58. The number of anilines is 1. The molecule has 0 radical (unpaired) electrons. The maximum Gasteiger partial charge on any atom is 0.128 e. The zero-order chi connectivity index (χ0) is 19.9. The van der Waals surface area contributed by atoms with E-state index in [-0.39, 0.29) is 0 Å². The van der Waals surface area contributed by atoms with Crippen molar-refractivity contribution in [1.29, 1.82) is 0 Å². The molecule has 4 heterocycles. The van der Waals surface area contributed by atoms with Gasteiger partial charge in [0.2, 0.25) is 0 Å². The molecule has 154 valence electrons. The minimum absolute atomic E-state index is 0.866. The molecule has 30 heavy (non-hydrogen) atoms. The Morgan fingerprint density at radius 1 is 0.933 bits per heavy atom. The first-order chi connectivity index (χ1) is 14.8. The molecule has 0 unspecified atom stereocenters. The molecule has 3 aromatic rings. The van der Waals surface area contributed by atoms with Crippen LogP contribution in [-0.4, -0.2) is 66.2 Å². The van der Waals surface area contributed by atoms with Gasteiger partial charge in [0.1, 0.15) is 5.84 Å². The third-order valence-electron chi connectivity index (χ3n) is 6.58. The van der Waals surface area contributed by atoms with Crippen LogP contribution in [0.3, 0.4) is 0 Å². The molecule has 1 saturated heterocycles. The third kappa shape index (κ3) is 3.45. The van der Waals surface area contributed by atoms with E-state index < -0.39 is 0 Å². The second-order valence-corrected chi connectivity index (χ2v) is 8.74. The van der Waals surface area contributed by atoms with Crippen LogP contribution in [0.15, 0.2) is 53.8 Å². The highest BCUT2D eigenvalue weighted by Crippen LogP contribution is 2.31. The summed E-state index contributed by atoms with van der Waals surface area (Å²) < 4.78 is 2.03. The van der Waals surface area contributed by atoms with Gasteiger partial charge in [-0.15, -0.1) is 0 Å². The van der Waals surface area contributed by atoms with Gasteiger partial charge in [0.05, 0.1) is 17.7 Å². The SMILES string of the molecule is c1cc(N2CCN(CC3CC3)CC2)c2cc(-c3ccc(C4=NCCN4)cc3)cn2n1. The summed E-state index contributed by atoms with van der Waals surface area (Å²) in [6.07, 6.45) is 6.94. The van der Waals surface area contributed by atoms with E-state index in [1.165, 1.54) is 41.7 Å². The fourth-order valence-electron chi connectivity index (χ4n) is 4.67. The molecule has 2 aliphatic heterocycles. The second-order valence-electron chi connectivity index (χ2n) is 8.74. The summed E-state index contributed by atoms with van der Waals surface area (Å²) in [6.45, 7) is 7.62. The van der Waals surface area contributed by atoms with Crippen LogP contribution in [0.1, 0.15) is 18.4 Å².